The van der Waals surface area contributed by atoms with Crippen LogP contribution in [-0.4, -0.2) is 58.3 Å². The molecule has 2 aromatic carbocycles. The quantitative estimate of drug-likeness (QED) is 0.535. The Balaban J connectivity index is 1.61. The number of aliphatic hydroxyl groups is 1. The molecule has 0 atom stereocenters. The molecular weight excluding hydrogens is 451 g/mol. The Kier molecular flexibility index (Phi) is 7.10. The molecule has 4 rings (SSSR count). The third-order valence-corrected chi connectivity index (χ3v) is 5.70. The lowest BCUT2D eigenvalue weighted by atomic mass is 10.1. The van der Waals surface area contributed by atoms with Crippen molar-refractivity contribution in [2.45, 2.75) is 25.9 Å². The van der Waals surface area contributed by atoms with Crippen molar-refractivity contribution in [3.05, 3.63) is 47.5 Å². The molecule has 174 valence electrons. The molecule has 0 aliphatic carbocycles. The Morgan fingerprint density at radius 2 is 2.03 bits per heavy atom. The number of anilines is 2. The lowest BCUT2D eigenvalue weighted by Gasteiger charge is -2.32. The van der Waals surface area contributed by atoms with E-state index in [1.807, 2.05) is 13.0 Å². The molecule has 3 aromatic rings. The van der Waals surface area contributed by atoms with Crippen LogP contribution < -0.4 is 14.8 Å². The number of hydrogen-bond donors (Lipinski definition) is 2. The maximum Gasteiger partial charge on any atom is 0.248 e. The zero-order valence-corrected chi connectivity index (χ0v) is 18.8. The summed E-state index contributed by atoms with van der Waals surface area (Å²) in [4.78, 5) is 22.0. The average Bonchev–Trinajstić information content (AvgIpc) is 2.82. The molecule has 2 N–H and O–H groups in total. The van der Waals surface area contributed by atoms with E-state index in [-0.39, 0.29) is 17.0 Å². The van der Waals surface area contributed by atoms with E-state index in [1.54, 1.807) is 17.0 Å². The molecule has 1 fully saturated rings. The van der Waals surface area contributed by atoms with Crippen molar-refractivity contribution in [3.63, 3.8) is 0 Å². The molecule has 10 heteroatoms. The molecule has 1 aliphatic heterocycles. The first-order valence-electron chi connectivity index (χ1n) is 10.7. The Labute approximate surface area is 195 Å². The van der Waals surface area contributed by atoms with Crippen LogP contribution in [0.15, 0.2) is 36.7 Å². The summed E-state index contributed by atoms with van der Waals surface area (Å²) in [6, 6.07) is 7.95. The molecule has 1 aromatic heterocycles. The number of hydrogen-bond acceptors (Lipinski definition) is 7. The summed E-state index contributed by atoms with van der Waals surface area (Å²) in [6.07, 6.45) is 2.60. The topological polar surface area (TPSA) is 96.8 Å². The summed E-state index contributed by atoms with van der Waals surface area (Å²) in [5.41, 5.74) is 1.23. The van der Waals surface area contributed by atoms with Gasteiger partial charge in [0, 0.05) is 43.1 Å². The van der Waals surface area contributed by atoms with E-state index >= 15 is 0 Å². The number of aromatic nitrogens is 2. The molecule has 0 bridgehead atoms. The number of halogens is 2. The van der Waals surface area contributed by atoms with Gasteiger partial charge in [0.05, 0.1) is 17.1 Å². The molecule has 8 nitrogen and oxygen atoms in total. The van der Waals surface area contributed by atoms with Crippen molar-refractivity contribution in [1.82, 2.24) is 14.9 Å². The second-order valence-corrected chi connectivity index (χ2v) is 7.99. The fourth-order valence-electron chi connectivity index (χ4n) is 3.74. The maximum absolute atomic E-state index is 13.5. The smallest absolute Gasteiger partial charge is 0.248 e. The van der Waals surface area contributed by atoms with Crippen LogP contribution in [0.3, 0.4) is 0 Å². The lowest BCUT2D eigenvalue weighted by molar-refractivity contribution is -0.135. The van der Waals surface area contributed by atoms with E-state index in [9.17, 15) is 9.18 Å². The molecule has 0 spiro atoms. The molecule has 0 unspecified atom stereocenters. The van der Waals surface area contributed by atoms with Crippen LogP contribution >= 0.6 is 11.6 Å². The van der Waals surface area contributed by atoms with Crippen LogP contribution in [0.2, 0.25) is 5.02 Å². The zero-order chi connectivity index (χ0) is 23.4. The van der Waals surface area contributed by atoms with E-state index in [0.717, 1.165) is 0 Å². The number of nitrogens with zero attached hydrogens (tertiary/aromatic N) is 3. The summed E-state index contributed by atoms with van der Waals surface area (Å²) in [7, 11) is 0. The first-order valence-corrected chi connectivity index (χ1v) is 11.0. The van der Waals surface area contributed by atoms with Crippen LogP contribution in [0.4, 0.5) is 15.9 Å². The standard InChI is InChI=1S/C23H24ClFN4O4/c1-2-32-20-11-19-16(10-21(20)33-15-5-7-29(8-6-15)22(31)12-30)23(27-13-26-19)28-14-3-4-18(25)17(24)9-14/h3-4,9-11,13,15,30H,2,5-8,12H2,1H3,(H,26,27,28). The van der Waals surface area contributed by atoms with Crippen LogP contribution in [0.25, 0.3) is 10.9 Å². The summed E-state index contributed by atoms with van der Waals surface area (Å²) in [5.74, 6) is 0.847. The van der Waals surface area contributed by atoms with Crippen LogP contribution in [0.1, 0.15) is 19.8 Å². The summed E-state index contributed by atoms with van der Waals surface area (Å²) in [6.45, 7) is 2.89. The fraction of sp³-hybridized carbons (Fsp3) is 0.348. The number of rotatable bonds is 7. The molecule has 33 heavy (non-hydrogen) atoms. The van der Waals surface area contributed by atoms with Gasteiger partial charge in [-0.2, -0.15) is 0 Å². The van der Waals surface area contributed by atoms with Crippen LogP contribution in [0, 0.1) is 5.82 Å². The summed E-state index contributed by atoms with van der Waals surface area (Å²) >= 11 is 5.90. The number of carbonyl (C=O) groups is 1. The molecule has 1 aliphatic rings. The van der Waals surface area contributed by atoms with Crippen LogP contribution in [-0.2, 0) is 4.79 Å². The zero-order valence-electron chi connectivity index (χ0n) is 18.1. The monoisotopic (exact) mass is 474 g/mol. The van der Waals surface area contributed by atoms with Gasteiger partial charge in [0.1, 0.15) is 30.7 Å². The maximum atomic E-state index is 13.5. The largest absolute Gasteiger partial charge is 0.490 e. The molecule has 0 radical (unpaired) electrons. The number of fused-ring (bicyclic) bond motifs is 1. The minimum absolute atomic E-state index is 0.00652. The van der Waals surface area contributed by atoms with Crippen molar-refractivity contribution < 1.29 is 23.8 Å². The van der Waals surface area contributed by atoms with Crippen molar-refractivity contribution in [2.24, 2.45) is 0 Å². The summed E-state index contributed by atoms with van der Waals surface area (Å²) in [5, 5.41) is 12.9. The van der Waals surface area contributed by atoms with Gasteiger partial charge in [-0.25, -0.2) is 14.4 Å². The van der Waals surface area contributed by atoms with Crippen molar-refractivity contribution in [2.75, 3.05) is 31.6 Å². The molecule has 0 saturated carbocycles. The number of carbonyl (C=O) groups excluding carboxylic acids is 1. The average molecular weight is 475 g/mol. The van der Waals surface area contributed by atoms with Crippen molar-refractivity contribution in [3.8, 4) is 11.5 Å². The van der Waals surface area contributed by atoms with E-state index in [4.69, 9.17) is 26.2 Å². The van der Waals surface area contributed by atoms with E-state index in [1.165, 1.54) is 18.5 Å². The highest BCUT2D eigenvalue weighted by atomic mass is 35.5. The second-order valence-electron chi connectivity index (χ2n) is 7.58. The lowest BCUT2D eigenvalue weighted by Crippen LogP contribution is -2.42. The summed E-state index contributed by atoms with van der Waals surface area (Å²) < 4.78 is 25.6. The highest BCUT2D eigenvalue weighted by Gasteiger charge is 2.25. The number of likely N-dealkylation sites (tertiary alicyclic amines) is 1. The van der Waals surface area contributed by atoms with E-state index < -0.39 is 12.4 Å². The van der Waals surface area contributed by atoms with Gasteiger partial charge in [-0.3, -0.25) is 4.79 Å². The molecule has 1 amide bonds. The van der Waals surface area contributed by atoms with Gasteiger partial charge in [-0.05, 0) is 31.2 Å². The predicted molar refractivity (Wildman–Crippen MR) is 123 cm³/mol. The number of ether oxygens (including phenoxy) is 2. The Morgan fingerprint density at radius 3 is 2.73 bits per heavy atom. The second kappa shape index (κ2) is 10.2. The SMILES string of the molecule is CCOc1cc2ncnc(Nc3ccc(F)c(Cl)c3)c2cc1OC1CCN(C(=O)CO)CC1. The number of amides is 1. The van der Waals surface area contributed by atoms with Gasteiger partial charge in [0.2, 0.25) is 5.91 Å². The van der Waals surface area contributed by atoms with Gasteiger partial charge in [0.15, 0.2) is 11.5 Å². The minimum Gasteiger partial charge on any atom is -0.490 e. The molecule has 1 saturated heterocycles. The van der Waals surface area contributed by atoms with Gasteiger partial charge in [-0.1, -0.05) is 11.6 Å². The highest BCUT2D eigenvalue weighted by molar-refractivity contribution is 6.31. The fourth-order valence-corrected chi connectivity index (χ4v) is 3.92. The number of benzene rings is 2. The van der Waals surface area contributed by atoms with Crippen molar-refractivity contribution >= 4 is 39.9 Å². The van der Waals surface area contributed by atoms with Gasteiger partial charge in [-0.15, -0.1) is 0 Å². The van der Waals surface area contributed by atoms with E-state index in [0.29, 0.717) is 66.4 Å². The van der Waals surface area contributed by atoms with Crippen LogP contribution in [0.5, 0.6) is 11.5 Å². The highest BCUT2D eigenvalue weighted by Crippen LogP contribution is 2.36. The van der Waals surface area contributed by atoms with Gasteiger partial charge >= 0.3 is 0 Å². The third-order valence-electron chi connectivity index (χ3n) is 5.41. The molecule has 2 heterocycles. The first kappa shape index (κ1) is 23.0. The third kappa shape index (κ3) is 5.26. The molecular formula is C23H24ClFN4O4. The number of nitrogens with one attached hydrogen (secondary N) is 1. The van der Waals surface area contributed by atoms with E-state index in [2.05, 4.69) is 15.3 Å². The van der Waals surface area contributed by atoms with Gasteiger partial charge < -0.3 is 24.8 Å². The predicted octanol–water partition coefficient (Wildman–Crippen LogP) is 3.93. The Hall–Kier alpha value is -3.17. The minimum atomic E-state index is -0.501. The van der Waals surface area contributed by atoms with Crippen molar-refractivity contribution in [1.29, 1.82) is 0 Å². The Bertz CT molecular complexity index is 1150. The normalized spacial score (nSPS) is 14.4. The number of aliphatic hydroxyl groups excluding tert-OH is 1. The Morgan fingerprint density at radius 1 is 1.24 bits per heavy atom. The first-order chi connectivity index (χ1) is 16.0. The number of piperidine rings is 1. The van der Waals surface area contributed by atoms with Gasteiger partial charge in [0.25, 0.3) is 0 Å².